The van der Waals surface area contributed by atoms with E-state index in [9.17, 15) is 4.79 Å². The minimum absolute atomic E-state index is 0.0207. The van der Waals surface area contributed by atoms with Crippen molar-refractivity contribution >= 4 is 28.3 Å². The molecular formula is C29H32N6O2. The first-order chi connectivity index (χ1) is 18.0. The van der Waals surface area contributed by atoms with E-state index >= 15 is 0 Å². The van der Waals surface area contributed by atoms with Crippen LogP contribution in [0.2, 0.25) is 0 Å². The van der Waals surface area contributed by atoms with Crippen molar-refractivity contribution < 1.29 is 9.53 Å². The number of anilines is 2. The lowest BCUT2D eigenvalue weighted by Gasteiger charge is -2.33. The molecule has 2 fully saturated rings. The number of hydrogen-bond acceptors (Lipinski definition) is 6. The molecule has 0 bridgehead atoms. The highest BCUT2D eigenvalue weighted by Gasteiger charge is 2.44. The molecular weight excluding hydrogens is 464 g/mol. The number of methoxy groups -OCH3 is 1. The van der Waals surface area contributed by atoms with Gasteiger partial charge >= 0.3 is 0 Å². The van der Waals surface area contributed by atoms with Gasteiger partial charge in [-0.25, -0.2) is 4.98 Å². The average molecular weight is 497 g/mol. The Kier molecular flexibility index (Phi) is 6.04. The van der Waals surface area contributed by atoms with Gasteiger partial charge in [0.05, 0.1) is 12.6 Å². The lowest BCUT2D eigenvalue weighted by atomic mass is 10.0. The van der Waals surface area contributed by atoms with Crippen molar-refractivity contribution in [2.75, 3.05) is 50.6 Å². The van der Waals surface area contributed by atoms with Crippen molar-refractivity contribution in [1.29, 1.82) is 0 Å². The van der Waals surface area contributed by atoms with Gasteiger partial charge in [-0.15, -0.1) is 0 Å². The van der Waals surface area contributed by atoms with E-state index in [1.807, 2.05) is 31.3 Å². The van der Waals surface area contributed by atoms with E-state index in [0.29, 0.717) is 0 Å². The number of piperazine rings is 1. The van der Waals surface area contributed by atoms with Gasteiger partial charge in [0.2, 0.25) is 5.91 Å². The monoisotopic (exact) mass is 496 g/mol. The summed E-state index contributed by atoms with van der Waals surface area (Å²) in [5.74, 6) is 2.07. The van der Waals surface area contributed by atoms with Gasteiger partial charge in [-0.1, -0.05) is 12.1 Å². The van der Waals surface area contributed by atoms with Crippen molar-refractivity contribution in [3.63, 3.8) is 0 Å². The van der Waals surface area contributed by atoms with E-state index < -0.39 is 0 Å². The van der Waals surface area contributed by atoms with Gasteiger partial charge < -0.3 is 19.9 Å². The molecule has 37 heavy (non-hydrogen) atoms. The van der Waals surface area contributed by atoms with Crippen molar-refractivity contribution in [1.82, 2.24) is 20.1 Å². The zero-order chi connectivity index (χ0) is 25.5. The van der Waals surface area contributed by atoms with Gasteiger partial charge in [-0.05, 0) is 73.8 Å². The maximum atomic E-state index is 12.9. The second kappa shape index (κ2) is 9.52. The molecule has 1 saturated carbocycles. The fourth-order valence-corrected chi connectivity index (χ4v) is 5.22. The standard InChI is InChI=1S/C29H32N6O2/c1-18-14-21(37-3)6-8-25(18)31-29(36)24-16-23(24)19-4-7-22-26(15-19)32-33-28(22)20-5-9-27(30-17-20)35-12-10-34(2)11-13-35/h4-9,14-15,17,23-24H,10-13,16H2,1-3H3,(H,31,36)(H,32,33)/t23-,24+/m0/s1. The predicted octanol–water partition coefficient (Wildman–Crippen LogP) is 4.44. The van der Waals surface area contributed by atoms with Gasteiger partial charge in [0.1, 0.15) is 17.3 Å². The number of benzene rings is 2. The number of likely N-dealkylation sites (N-methyl/N-ethyl adjacent to an activating group) is 1. The summed E-state index contributed by atoms with van der Waals surface area (Å²) in [5, 5.41) is 11.9. The van der Waals surface area contributed by atoms with Crippen molar-refractivity contribution in [3.05, 3.63) is 65.9 Å². The molecule has 0 radical (unpaired) electrons. The number of amides is 1. The van der Waals surface area contributed by atoms with Gasteiger partial charge in [0.15, 0.2) is 0 Å². The molecule has 2 aliphatic rings. The fourth-order valence-electron chi connectivity index (χ4n) is 5.22. The first-order valence-electron chi connectivity index (χ1n) is 12.8. The van der Waals surface area contributed by atoms with Crippen LogP contribution in [0.3, 0.4) is 0 Å². The maximum absolute atomic E-state index is 12.9. The molecule has 2 aromatic heterocycles. The van der Waals surface area contributed by atoms with E-state index in [-0.39, 0.29) is 17.7 Å². The van der Waals surface area contributed by atoms with Crippen molar-refractivity contribution in [2.24, 2.45) is 5.92 Å². The third-order valence-electron chi connectivity index (χ3n) is 7.68. The van der Waals surface area contributed by atoms with E-state index in [1.165, 1.54) is 0 Å². The molecule has 1 amide bonds. The Morgan fingerprint density at radius 3 is 2.65 bits per heavy atom. The quantitative estimate of drug-likeness (QED) is 0.411. The Hall–Kier alpha value is -3.91. The van der Waals surface area contributed by atoms with E-state index in [0.717, 1.165) is 83.1 Å². The molecule has 2 atom stereocenters. The summed E-state index contributed by atoms with van der Waals surface area (Å²) in [7, 11) is 3.80. The Morgan fingerprint density at radius 2 is 1.92 bits per heavy atom. The average Bonchev–Trinajstić information content (AvgIpc) is 3.62. The summed E-state index contributed by atoms with van der Waals surface area (Å²) in [4.78, 5) is 22.3. The van der Waals surface area contributed by atoms with E-state index in [4.69, 9.17) is 9.72 Å². The molecule has 2 N–H and O–H groups in total. The number of aromatic amines is 1. The molecule has 4 aromatic rings. The summed E-state index contributed by atoms with van der Waals surface area (Å²) in [6, 6.07) is 16.3. The first-order valence-corrected chi connectivity index (χ1v) is 12.8. The fraction of sp³-hybridized carbons (Fsp3) is 0.345. The number of pyridine rings is 1. The Labute approximate surface area is 216 Å². The second-order valence-corrected chi connectivity index (χ2v) is 10.2. The molecule has 0 unspecified atom stereocenters. The molecule has 1 aliphatic carbocycles. The molecule has 8 heteroatoms. The number of aromatic nitrogens is 3. The highest BCUT2D eigenvalue weighted by atomic mass is 16.5. The predicted molar refractivity (Wildman–Crippen MR) is 146 cm³/mol. The number of hydrogen-bond donors (Lipinski definition) is 2. The van der Waals surface area contributed by atoms with Gasteiger partial charge in [-0.3, -0.25) is 9.89 Å². The SMILES string of the molecule is COc1ccc(NC(=O)[C@@H]2C[C@H]2c2ccc3c(-c4ccc(N5CCN(C)CC5)nc4)n[nH]c3c2)c(C)c1. The van der Waals surface area contributed by atoms with E-state index in [2.05, 4.69) is 62.7 Å². The van der Waals surface area contributed by atoms with Crippen LogP contribution in [-0.2, 0) is 4.79 Å². The number of rotatable bonds is 6. The molecule has 3 heterocycles. The summed E-state index contributed by atoms with van der Waals surface area (Å²) < 4.78 is 5.26. The summed E-state index contributed by atoms with van der Waals surface area (Å²) in [6.45, 7) is 6.08. The lowest BCUT2D eigenvalue weighted by molar-refractivity contribution is -0.117. The third-order valence-corrected chi connectivity index (χ3v) is 7.68. The number of aryl methyl sites for hydroxylation is 1. The van der Waals surface area contributed by atoms with Crippen LogP contribution in [0.5, 0.6) is 5.75 Å². The van der Waals surface area contributed by atoms with Crippen LogP contribution in [0.1, 0.15) is 23.5 Å². The Balaban J connectivity index is 1.14. The molecule has 2 aromatic carbocycles. The molecule has 190 valence electrons. The van der Waals surface area contributed by atoms with Crippen LogP contribution in [0.15, 0.2) is 54.7 Å². The zero-order valence-corrected chi connectivity index (χ0v) is 21.5. The lowest BCUT2D eigenvalue weighted by Crippen LogP contribution is -2.44. The Bertz CT molecular complexity index is 1440. The largest absolute Gasteiger partial charge is 0.497 e. The molecule has 1 aliphatic heterocycles. The van der Waals surface area contributed by atoms with Gasteiger partial charge in [0, 0.05) is 54.9 Å². The molecule has 0 spiro atoms. The number of ether oxygens (including phenoxy) is 1. The van der Waals surface area contributed by atoms with Crippen LogP contribution in [0, 0.1) is 12.8 Å². The van der Waals surface area contributed by atoms with Crippen LogP contribution >= 0.6 is 0 Å². The highest BCUT2D eigenvalue weighted by Crippen LogP contribution is 2.48. The first kappa shape index (κ1) is 23.5. The van der Waals surface area contributed by atoms with Gasteiger partial charge in [-0.2, -0.15) is 5.10 Å². The molecule has 1 saturated heterocycles. The van der Waals surface area contributed by atoms with Gasteiger partial charge in [0.25, 0.3) is 0 Å². The summed E-state index contributed by atoms with van der Waals surface area (Å²) >= 11 is 0. The number of nitrogens with one attached hydrogen (secondary N) is 2. The van der Waals surface area contributed by atoms with Crippen molar-refractivity contribution in [3.8, 4) is 17.0 Å². The minimum atomic E-state index is -0.0207. The van der Waals surface area contributed by atoms with Crippen LogP contribution in [0.25, 0.3) is 22.2 Å². The molecule has 6 rings (SSSR count). The second-order valence-electron chi connectivity index (χ2n) is 10.2. The maximum Gasteiger partial charge on any atom is 0.228 e. The number of carbonyl (C=O) groups is 1. The van der Waals surface area contributed by atoms with Crippen LogP contribution < -0.4 is 15.0 Å². The van der Waals surface area contributed by atoms with Crippen LogP contribution in [-0.4, -0.2) is 66.3 Å². The summed E-state index contributed by atoms with van der Waals surface area (Å²) in [6.07, 6.45) is 2.77. The number of H-pyrrole nitrogens is 1. The Morgan fingerprint density at radius 1 is 1.08 bits per heavy atom. The van der Waals surface area contributed by atoms with Crippen LogP contribution in [0.4, 0.5) is 11.5 Å². The number of fused-ring (bicyclic) bond motifs is 1. The number of nitrogens with zero attached hydrogens (tertiary/aromatic N) is 4. The number of carbonyl (C=O) groups excluding carboxylic acids is 1. The highest BCUT2D eigenvalue weighted by molar-refractivity contribution is 5.97. The van der Waals surface area contributed by atoms with Crippen molar-refractivity contribution in [2.45, 2.75) is 19.3 Å². The van der Waals surface area contributed by atoms with E-state index in [1.54, 1.807) is 7.11 Å². The molecule has 8 nitrogen and oxygen atoms in total. The minimum Gasteiger partial charge on any atom is -0.497 e. The topological polar surface area (TPSA) is 86.4 Å². The third kappa shape index (κ3) is 4.64. The normalized spacial score (nSPS) is 19.7. The smallest absolute Gasteiger partial charge is 0.228 e. The summed E-state index contributed by atoms with van der Waals surface area (Å²) in [5.41, 5.74) is 5.86. The zero-order valence-electron chi connectivity index (χ0n) is 21.5.